The fourth-order valence-electron chi connectivity index (χ4n) is 2.72. The molecule has 0 atom stereocenters. The standard InChI is InChI=1S/C15H8N4/c1-2-4-9-8(3-1)14-15(9)19-13-6-11-10(16-7-17-11)5-12(13)18-14/h1-7,18H. The highest BCUT2D eigenvalue weighted by atomic mass is 14.9. The van der Waals surface area contributed by atoms with Gasteiger partial charge in [0.15, 0.2) is 0 Å². The Labute approximate surface area is 108 Å². The van der Waals surface area contributed by atoms with Gasteiger partial charge in [-0.1, -0.05) is 24.3 Å². The molecule has 0 saturated carbocycles. The largest absolute Gasteiger partial charge is 0.351 e. The van der Waals surface area contributed by atoms with Gasteiger partial charge in [-0.25, -0.2) is 15.0 Å². The van der Waals surface area contributed by atoms with Crippen molar-refractivity contribution in [3.8, 4) is 22.5 Å². The normalized spacial score (nSPS) is 12.2. The molecule has 2 aromatic heterocycles. The first kappa shape index (κ1) is 9.22. The van der Waals surface area contributed by atoms with Crippen LogP contribution in [-0.2, 0) is 0 Å². The highest BCUT2D eigenvalue weighted by Gasteiger charge is 2.24. The summed E-state index contributed by atoms with van der Waals surface area (Å²) in [6.07, 6.45) is 1.58. The van der Waals surface area contributed by atoms with Gasteiger partial charge in [-0.05, 0) is 12.1 Å². The Morgan fingerprint density at radius 3 is 2.53 bits per heavy atom. The topological polar surface area (TPSA) is 54.5 Å². The van der Waals surface area contributed by atoms with Crippen molar-refractivity contribution in [3.05, 3.63) is 42.7 Å². The van der Waals surface area contributed by atoms with Crippen molar-refractivity contribution in [2.45, 2.75) is 0 Å². The summed E-state index contributed by atoms with van der Waals surface area (Å²) in [6.45, 7) is 0. The minimum absolute atomic E-state index is 0.890. The number of nitrogens with zero attached hydrogens (tertiary/aromatic N) is 3. The minimum Gasteiger partial charge on any atom is -0.351 e. The molecule has 0 saturated heterocycles. The van der Waals surface area contributed by atoms with E-state index in [0.717, 1.165) is 33.5 Å². The average molecular weight is 244 g/mol. The summed E-state index contributed by atoms with van der Waals surface area (Å²) in [5, 5.41) is 0. The van der Waals surface area contributed by atoms with Gasteiger partial charge in [0.05, 0.1) is 33.5 Å². The first-order valence-corrected chi connectivity index (χ1v) is 6.14. The van der Waals surface area contributed by atoms with Crippen LogP contribution in [0.3, 0.4) is 0 Å². The smallest absolute Gasteiger partial charge is 0.116 e. The fraction of sp³-hybridized carbons (Fsp3) is 0. The summed E-state index contributed by atoms with van der Waals surface area (Å²) in [4.78, 5) is 16.6. The van der Waals surface area contributed by atoms with Crippen LogP contribution >= 0.6 is 0 Å². The van der Waals surface area contributed by atoms with Gasteiger partial charge >= 0.3 is 0 Å². The Balaban J connectivity index is 1.89. The predicted octanol–water partition coefficient (Wildman–Crippen LogP) is 3.15. The van der Waals surface area contributed by atoms with Gasteiger partial charge in [0.1, 0.15) is 6.33 Å². The number of hydrogen-bond acceptors (Lipinski definition) is 3. The third-order valence-electron chi connectivity index (χ3n) is 3.67. The molecular weight excluding hydrogens is 236 g/mol. The monoisotopic (exact) mass is 244 g/mol. The van der Waals surface area contributed by atoms with Gasteiger partial charge in [0.2, 0.25) is 0 Å². The molecule has 88 valence electrons. The van der Waals surface area contributed by atoms with Crippen LogP contribution in [0.1, 0.15) is 0 Å². The number of nitrogens with one attached hydrogen (secondary N) is 1. The Morgan fingerprint density at radius 2 is 1.63 bits per heavy atom. The molecule has 5 rings (SSSR count). The molecule has 0 fully saturated rings. The summed E-state index contributed by atoms with van der Waals surface area (Å²) in [5.41, 5.74) is 8.33. The Hall–Kier alpha value is -2.75. The number of hydrogen-bond donors (Lipinski definition) is 1. The van der Waals surface area contributed by atoms with E-state index in [1.807, 2.05) is 24.3 Å². The Bertz CT molecular complexity index is 892. The van der Waals surface area contributed by atoms with Gasteiger partial charge in [0.25, 0.3) is 0 Å². The molecule has 4 aromatic rings. The van der Waals surface area contributed by atoms with E-state index in [0.29, 0.717) is 0 Å². The first-order valence-electron chi connectivity index (χ1n) is 6.14. The molecule has 0 spiro atoms. The van der Waals surface area contributed by atoms with Crippen molar-refractivity contribution in [3.63, 3.8) is 0 Å². The van der Waals surface area contributed by atoms with E-state index in [1.165, 1.54) is 11.1 Å². The van der Waals surface area contributed by atoms with Crippen LogP contribution in [0, 0.1) is 0 Å². The second kappa shape index (κ2) is 2.98. The summed E-state index contributed by atoms with van der Waals surface area (Å²) >= 11 is 0. The molecule has 4 heteroatoms. The van der Waals surface area contributed by atoms with Crippen LogP contribution in [0.15, 0.2) is 42.7 Å². The molecule has 4 nitrogen and oxygen atoms in total. The van der Waals surface area contributed by atoms with E-state index in [9.17, 15) is 0 Å². The number of imidazole rings is 1. The van der Waals surface area contributed by atoms with Crippen molar-refractivity contribution in [2.24, 2.45) is 0 Å². The maximum absolute atomic E-state index is 4.73. The molecule has 0 aliphatic heterocycles. The number of benzene rings is 2. The van der Waals surface area contributed by atoms with E-state index in [2.05, 4.69) is 27.1 Å². The van der Waals surface area contributed by atoms with Crippen molar-refractivity contribution < 1.29 is 0 Å². The number of aromatic nitrogens is 4. The third kappa shape index (κ3) is 1.06. The minimum atomic E-state index is 0.890. The van der Waals surface area contributed by atoms with Crippen molar-refractivity contribution in [1.29, 1.82) is 0 Å². The average Bonchev–Trinajstić information content (AvgIpc) is 2.89. The Kier molecular flexibility index (Phi) is 1.44. The van der Waals surface area contributed by atoms with Gasteiger partial charge in [-0.15, -0.1) is 0 Å². The van der Waals surface area contributed by atoms with Gasteiger partial charge in [-0.3, -0.25) is 0 Å². The van der Waals surface area contributed by atoms with Crippen LogP contribution in [-0.4, -0.2) is 19.9 Å². The quantitative estimate of drug-likeness (QED) is 0.455. The second-order valence-electron chi connectivity index (χ2n) is 4.74. The zero-order chi connectivity index (χ0) is 12.4. The van der Waals surface area contributed by atoms with E-state index in [-0.39, 0.29) is 0 Å². The number of aromatic amines is 1. The lowest BCUT2D eigenvalue weighted by Crippen LogP contribution is -2.04. The first-order chi connectivity index (χ1) is 9.40. The maximum Gasteiger partial charge on any atom is 0.116 e. The van der Waals surface area contributed by atoms with Crippen LogP contribution < -0.4 is 0 Å². The van der Waals surface area contributed by atoms with Crippen LogP contribution in [0.2, 0.25) is 0 Å². The summed E-state index contributed by atoms with van der Waals surface area (Å²) in [5.74, 6) is 0. The molecule has 0 radical (unpaired) electrons. The molecule has 0 unspecified atom stereocenters. The van der Waals surface area contributed by atoms with Crippen molar-refractivity contribution >= 4 is 22.1 Å². The van der Waals surface area contributed by atoms with Gasteiger partial charge in [0, 0.05) is 11.1 Å². The summed E-state index contributed by atoms with van der Waals surface area (Å²) in [6, 6.07) is 12.3. The zero-order valence-corrected chi connectivity index (χ0v) is 9.88. The molecular formula is C15H8N4. The number of H-pyrrole nitrogens is 1. The number of fused-ring (bicyclic) bond motifs is 6. The third-order valence-corrected chi connectivity index (χ3v) is 3.67. The lowest BCUT2D eigenvalue weighted by atomic mass is 9.89. The van der Waals surface area contributed by atoms with Crippen LogP contribution in [0.5, 0.6) is 0 Å². The summed E-state index contributed by atoms with van der Waals surface area (Å²) < 4.78 is 0. The van der Waals surface area contributed by atoms with Crippen molar-refractivity contribution in [2.75, 3.05) is 0 Å². The van der Waals surface area contributed by atoms with E-state index < -0.39 is 0 Å². The molecule has 1 aliphatic carbocycles. The van der Waals surface area contributed by atoms with Gasteiger partial charge in [-0.2, -0.15) is 0 Å². The molecule has 1 aliphatic rings. The predicted molar refractivity (Wildman–Crippen MR) is 73.6 cm³/mol. The fourth-order valence-corrected chi connectivity index (χ4v) is 2.72. The molecule has 0 amide bonds. The van der Waals surface area contributed by atoms with E-state index in [1.54, 1.807) is 6.33 Å². The highest BCUT2D eigenvalue weighted by molar-refractivity contribution is 6.02. The summed E-state index contributed by atoms with van der Waals surface area (Å²) in [7, 11) is 0. The molecule has 19 heavy (non-hydrogen) atoms. The molecule has 1 N–H and O–H groups in total. The maximum atomic E-state index is 4.73. The second-order valence-corrected chi connectivity index (χ2v) is 4.74. The zero-order valence-electron chi connectivity index (χ0n) is 9.88. The van der Waals surface area contributed by atoms with Crippen LogP contribution in [0.25, 0.3) is 44.6 Å². The van der Waals surface area contributed by atoms with E-state index in [4.69, 9.17) is 4.98 Å². The lowest BCUT2D eigenvalue weighted by Gasteiger charge is -2.22. The van der Waals surface area contributed by atoms with Crippen LogP contribution in [0.4, 0.5) is 0 Å². The Morgan fingerprint density at radius 1 is 0.842 bits per heavy atom. The molecule has 2 heterocycles. The van der Waals surface area contributed by atoms with Gasteiger partial charge < -0.3 is 4.98 Å². The van der Waals surface area contributed by atoms with Crippen molar-refractivity contribution in [1.82, 2.24) is 19.9 Å². The highest BCUT2D eigenvalue weighted by Crippen LogP contribution is 2.44. The lowest BCUT2D eigenvalue weighted by molar-refractivity contribution is 1.26. The number of rotatable bonds is 0. The molecule has 2 aromatic carbocycles. The van der Waals surface area contributed by atoms with E-state index >= 15 is 0 Å². The molecule has 0 bridgehead atoms. The SMILES string of the molecule is c1ccc2c(c1)-c1nc3cc4ncnc4cc3[nH]c1-2.